The number of nitrogens with zero attached hydrogens (tertiary/aromatic N) is 2. The third-order valence-corrected chi connectivity index (χ3v) is 6.73. The van der Waals surface area contributed by atoms with Crippen molar-refractivity contribution in [1.82, 2.24) is 4.31 Å². The van der Waals surface area contributed by atoms with Gasteiger partial charge >= 0.3 is 0 Å². The van der Waals surface area contributed by atoms with Crippen LogP contribution in [-0.4, -0.2) is 46.3 Å². The molecule has 1 N–H and O–H groups in total. The molecule has 2 aromatic rings. The second kappa shape index (κ2) is 8.36. The Bertz CT molecular complexity index is 914. The van der Waals surface area contributed by atoms with Gasteiger partial charge in [-0.25, -0.2) is 12.7 Å². The Morgan fingerprint density at radius 3 is 2.42 bits per heavy atom. The molecule has 0 saturated heterocycles. The average molecular weight is 487 g/mol. The Morgan fingerprint density at radius 1 is 1.12 bits per heavy atom. The summed E-state index contributed by atoms with van der Waals surface area (Å²) in [5, 5.41) is 2.85. The molecule has 26 heavy (non-hydrogen) atoms. The number of hydrogen-bond donors (Lipinski definition) is 1. The fourth-order valence-corrected chi connectivity index (χ4v) is 3.76. The Hall–Kier alpha value is -1.65. The van der Waals surface area contributed by atoms with Gasteiger partial charge in [-0.2, -0.15) is 0 Å². The van der Waals surface area contributed by atoms with Crippen molar-refractivity contribution in [1.29, 1.82) is 0 Å². The number of hydrogen-bond acceptors (Lipinski definition) is 4. The van der Waals surface area contributed by atoms with Gasteiger partial charge in [0.25, 0.3) is 5.91 Å². The van der Waals surface area contributed by atoms with E-state index in [1.165, 1.54) is 26.2 Å². The van der Waals surface area contributed by atoms with Gasteiger partial charge in [-0.1, -0.05) is 6.07 Å². The first-order valence-electron chi connectivity index (χ1n) is 8.01. The molecule has 0 aliphatic carbocycles. The molecule has 2 aromatic carbocycles. The predicted octanol–water partition coefficient (Wildman–Crippen LogP) is 3.25. The van der Waals surface area contributed by atoms with Crippen LogP contribution in [0.2, 0.25) is 0 Å². The van der Waals surface area contributed by atoms with Crippen LogP contribution in [-0.2, 0) is 10.0 Å². The fraction of sp³-hybridized carbons (Fsp3) is 0.278. The molecule has 0 spiro atoms. The van der Waals surface area contributed by atoms with E-state index in [-0.39, 0.29) is 10.8 Å². The van der Waals surface area contributed by atoms with Gasteiger partial charge in [0.2, 0.25) is 10.0 Å². The topological polar surface area (TPSA) is 69.7 Å². The highest BCUT2D eigenvalue weighted by Gasteiger charge is 2.20. The van der Waals surface area contributed by atoms with Crippen molar-refractivity contribution in [3.05, 3.63) is 51.6 Å². The summed E-state index contributed by atoms with van der Waals surface area (Å²) in [5.41, 5.74) is 1.97. The first-order chi connectivity index (χ1) is 12.2. The summed E-state index contributed by atoms with van der Waals surface area (Å²) in [7, 11) is 1.29. The molecule has 2 rings (SSSR count). The number of carbonyl (C=O) groups excluding carboxylic acids is 1. The second-order valence-electron chi connectivity index (χ2n) is 5.95. The van der Waals surface area contributed by atoms with Gasteiger partial charge in [-0.05, 0) is 65.9 Å². The number of rotatable bonds is 6. The largest absolute Gasteiger partial charge is 0.375 e. The van der Waals surface area contributed by atoms with Gasteiger partial charge in [0.15, 0.2) is 0 Å². The van der Waals surface area contributed by atoms with Crippen molar-refractivity contribution < 1.29 is 13.2 Å². The van der Waals surface area contributed by atoms with Crippen LogP contribution in [0.4, 0.5) is 11.4 Å². The normalized spacial score (nSPS) is 11.5. The van der Waals surface area contributed by atoms with Crippen LogP contribution < -0.4 is 10.2 Å². The van der Waals surface area contributed by atoms with Gasteiger partial charge < -0.3 is 10.2 Å². The van der Waals surface area contributed by atoms with Gasteiger partial charge in [-0.15, -0.1) is 0 Å². The van der Waals surface area contributed by atoms with E-state index in [1.807, 2.05) is 54.8 Å². The van der Waals surface area contributed by atoms with Gasteiger partial charge in [0.1, 0.15) is 0 Å². The second-order valence-corrected chi connectivity index (χ2v) is 9.26. The van der Waals surface area contributed by atoms with Crippen LogP contribution in [0, 0.1) is 3.57 Å². The lowest BCUT2D eigenvalue weighted by Crippen LogP contribution is -2.23. The van der Waals surface area contributed by atoms with Crippen molar-refractivity contribution in [3.8, 4) is 0 Å². The molecule has 0 aromatic heterocycles. The zero-order valence-corrected chi connectivity index (χ0v) is 18.1. The monoisotopic (exact) mass is 487 g/mol. The van der Waals surface area contributed by atoms with E-state index in [9.17, 15) is 13.2 Å². The third kappa shape index (κ3) is 4.54. The minimum absolute atomic E-state index is 0.0903. The number of nitrogens with one attached hydrogen (secondary N) is 1. The Labute approximate surface area is 168 Å². The molecule has 0 radical (unpaired) electrons. The number of sulfonamides is 1. The minimum Gasteiger partial charge on any atom is -0.375 e. The minimum atomic E-state index is -3.60. The molecule has 6 nitrogen and oxygen atoms in total. The lowest BCUT2D eigenvalue weighted by atomic mass is 10.2. The summed E-state index contributed by atoms with van der Waals surface area (Å²) in [4.78, 5) is 14.8. The van der Waals surface area contributed by atoms with Gasteiger partial charge in [0, 0.05) is 42.6 Å². The van der Waals surface area contributed by atoms with Crippen LogP contribution in [0.25, 0.3) is 0 Å². The van der Waals surface area contributed by atoms with Crippen molar-refractivity contribution >= 4 is 49.9 Å². The molecular formula is C18H22IN3O3S. The summed E-state index contributed by atoms with van der Waals surface area (Å²) < 4.78 is 26.4. The van der Waals surface area contributed by atoms with E-state index in [2.05, 4.69) is 10.2 Å². The molecule has 140 valence electrons. The Kier molecular flexibility index (Phi) is 6.64. The third-order valence-electron chi connectivity index (χ3n) is 3.98. The smallest absolute Gasteiger partial charge is 0.256 e. The summed E-state index contributed by atoms with van der Waals surface area (Å²) >= 11 is 2.03. The van der Waals surface area contributed by atoms with Gasteiger partial charge in [0.05, 0.1) is 10.5 Å². The van der Waals surface area contributed by atoms with Crippen molar-refractivity contribution in [2.24, 2.45) is 0 Å². The number of carbonyl (C=O) groups is 1. The fourth-order valence-electron chi connectivity index (χ4n) is 2.25. The molecule has 0 aliphatic rings. The number of amides is 1. The molecule has 0 unspecified atom stereocenters. The lowest BCUT2D eigenvalue weighted by Gasteiger charge is -2.18. The average Bonchev–Trinajstić information content (AvgIpc) is 2.61. The molecule has 0 heterocycles. The van der Waals surface area contributed by atoms with E-state index in [0.717, 1.165) is 16.5 Å². The Morgan fingerprint density at radius 2 is 1.81 bits per heavy atom. The molecule has 0 aliphatic heterocycles. The van der Waals surface area contributed by atoms with E-state index in [4.69, 9.17) is 0 Å². The van der Waals surface area contributed by atoms with Crippen LogP contribution in [0.1, 0.15) is 17.3 Å². The summed E-state index contributed by atoms with van der Waals surface area (Å²) in [5.74, 6) is -0.346. The lowest BCUT2D eigenvalue weighted by molar-refractivity contribution is 0.102. The van der Waals surface area contributed by atoms with Crippen LogP contribution >= 0.6 is 22.6 Å². The Balaban J connectivity index is 2.33. The molecule has 0 fully saturated rings. The summed E-state index contributed by atoms with van der Waals surface area (Å²) in [6, 6.07) is 12.1. The SMILES string of the molecule is CCN(C)c1cccc(NC(=O)c2cc(S(=O)(=O)N(C)C)ccc2I)c1. The molecule has 1 amide bonds. The highest BCUT2D eigenvalue weighted by Crippen LogP contribution is 2.23. The highest BCUT2D eigenvalue weighted by molar-refractivity contribution is 14.1. The quantitative estimate of drug-likeness (QED) is 0.636. The molecular weight excluding hydrogens is 465 g/mol. The zero-order valence-electron chi connectivity index (χ0n) is 15.2. The predicted molar refractivity (Wildman–Crippen MR) is 113 cm³/mol. The number of halogens is 1. The number of anilines is 2. The number of benzene rings is 2. The maximum atomic E-state index is 12.7. The standard InChI is InChI=1S/C18H22IN3O3S/c1-5-22(4)14-8-6-7-13(11-14)20-18(23)16-12-15(9-10-17(16)19)26(24,25)21(2)3/h6-12H,5H2,1-4H3,(H,20,23). The van der Waals surface area contributed by atoms with E-state index >= 15 is 0 Å². The first-order valence-corrected chi connectivity index (χ1v) is 10.5. The molecule has 8 heteroatoms. The molecule has 0 bridgehead atoms. The first kappa shape index (κ1) is 20.7. The molecule has 0 atom stereocenters. The zero-order chi connectivity index (χ0) is 19.5. The van der Waals surface area contributed by atoms with E-state index < -0.39 is 10.0 Å². The maximum Gasteiger partial charge on any atom is 0.256 e. The van der Waals surface area contributed by atoms with Crippen molar-refractivity contribution in [2.75, 3.05) is 37.9 Å². The summed E-state index contributed by atoms with van der Waals surface area (Å²) in [6.07, 6.45) is 0. The highest BCUT2D eigenvalue weighted by atomic mass is 127. The molecule has 0 saturated carbocycles. The van der Waals surface area contributed by atoms with E-state index in [1.54, 1.807) is 12.1 Å². The summed E-state index contributed by atoms with van der Waals surface area (Å²) in [6.45, 7) is 2.89. The maximum absolute atomic E-state index is 12.7. The van der Waals surface area contributed by atoms with Gasteiger partial charge in [-0.3, -0.25) is 4.79 Å². The van der Waals surface area contributed by atoms with E-state index in [0.29, 0.717) is 14.8 Å². The van der Waals surface area contributed by atoms with Crippen LogP contribution in [0.3, 0.4) is 0 Å². The van der Waals surface area contributed by atoms with Crippen LogP contribution in [0.5, 0.6) is 0 Å². The van der Waals surface area contributed by atoms with Crippen molar-refractivity contribution in [3.63, 3.8) is 0 Å². The van der Waals surface area contributed by atoms with Crippen molar-refractivity contribution in [2.45, 2.75) is 11.8 Å². The van der Waals surface area contributed by atoms with Crippen LogP contribution in [0.15, 0.2) is 47.4 Å².